The minimum absolute atomic E-state index is 0.00981. The molecule has 5 heteroatoms. The SMILES string of the molecule is CN(C)c1ncc(C(=O)CBr)[nH]1. The maximum absolute atomic E-state index is 11.1. The van der Waals surface area contributed by atoms with Crippen molar-refractivity contribution in [1.29, 1.82) is 0 Å². The summed E-state index contributed by atoms with van der Waals surface area (Å²) in [5.41, 5.74) is 0.538. The van der Waals surface area contributed by atoms with Crippen LogP contribution >= 0.6 is 15.9 Å². The van der Waals surface area contributed by atoms with E-state index >= 15 is 0 Å². The van der Waals surface area contributed by atoms with E-state index in [1.165, 1.54) is 0 Å². The molecule has 12 heavy (non-hydrogen) atoms. The third kappa shape index (κ3) is 1.85. The van der Waals surface area contributed by atoms with Gasteiger partial charge in [-0.15, -0.1) is 0 Å². The number of halogens is 1. The third-order valence-electron chi connectivity index (χ3n) is 1.41. The van der Waals surface area contributed by atoms with Crippen molar-refractivity contribution in [2.24, 2.45) is 0 Å². The Balaban J connectivity index is 2.84. The molecule has 0 fully saturated rings. The quantitative estimate of drug-likeness (QED) is 0.626. The first-order chi connectivity index (χ1) is 5.65. The Hall–Kier alpha value is -0.840. The first kappa shape index (κ1) is 9.25. The predicted molar refractivity (Wildman–Crippen MR) is 51.0 cm³/mol. The molecule has 0 aromatic carbocycles. The molecule has 0 atom stereocenters. The van der Waals surface area contributed by atoms with E-state index in [-0.39, 0.29) is 5.78 Å². The molecule has 1 aromatic rings. The molecule has 1 aromatic heterocycles. The predicted octanol–water partition coefficient (Wildman–Crippen LogP) is 1.05. The molecule has 0 amide bonds. The van der Waals surface area contributed by atoms with Gasteiger partial charge in [-0.1, -0.05) is 15.9 Å². The second-order valence-electron chi connectivity index (χ2n) is 2.57. The summed E-state index contributed by atoms with van der Waals surface area (Å²) < 4.78 is 0. The Bertz CT molecular complexity index is 282. The Morgan fingerprint density at radius 3 is 2.83 bits per heavy atom. The number of carbonyl (C=O) groups is 1. The van der Waals surface area contributed by atoms with Gasteiger partial charge >= 0.3 is 0 Å². The normalized spacial score (nSPS) is 9.92. The highest BCUT2D eigenvalue weighted by atomic mass is 79.9. The van der Waals surface area contributed by atoms with Crippen LogP contribution in [0.5, 0.6) is 0 Å². The molecule has 0 aliphatic carbocycles. The number of H-pyrrole nitrogens is 1. The highest BCUT2D eigenvalue weighted by Gasteiger charge is 2.08. The van der Waals surface area contributed by atoms with Crippen LogP contribution in [0.25, 0.3) is 0 Å². The van der Waals surface area contributed by atoms with Crippen molar-refractivity contribution >= 4 is 27.7 Å². The maximum atomic E-state index is 11.1. The number of anilines is 1. The zero-order valence-corrected chi connectivity index (χ0v) is 8.55. The zero-order valence-electron chi connectivity index (χ0n) is 6.97. The summed E-state index contributed by atoms with van der Waals surface area (Å²) in [5, 5.41) is 0.321. The van der Waals surface area contributed by atoms with Crippen LogP contribution in [0.4, 0.5) is 5.95 Å². The largest absolute Gasteiger partial charge is 0.349 e. The Kier molecular flexibility index (Phi) is 2.86. The molecule has 0 aliphatic rings. The molecular formula is C7H10BrN3O. The minimum atomic E-state index is 0.00981. The number of Topliss-reactive ketones (excluding diaryl/α,β-unsaturated/α-hetero) is 1. The van der Waals surface area contributed by atoms with Gasteiger partial charge in [0.1, 0.15) is 5.69 Å². The molecule has 1 N–H and O–H groups in total. The van der Waals surface area contributed by atoms with E-state index in [0.717, 1.165) is 0 Å². The molecule has 1 heterocycles. The molecule has 66 valence electrons. The molecule has 0 radical (unpaired) electrons. The van der Waals surface area contributed by atoms with Gasteiger partial charge in [-0.3, -0.25) is 4.79 Å². The summed E-state index contributed by atoms with van der Waals surface area (Å²) in [4.78, 5) is 19.8. The molecule has 0 saturated carbocycles. The summed E-state index contributed by atoms with van der Waals surface area (Å²) in [6.45, 7) is 0. The summed E-state index contributed by atoms with van der Waals surface area (Å²) in [6.07, 6.45) is 1.54. The van der Waals surface area contributed by atoms with Gasteiger partial charge in [0.05, 0.1) is 11.5 Å². The van der Waals surface area contributed by atoms with E-state index in [1.54, 1.807) is 6.20 Å². The topological polar surface area (TPSA) is 49.0 Å². The summed E-state index contributed by atoms with van der Waals surface area (Å²) in [5.74, 6) is 0.704. The van der Waals surface area contributed by atoms with Crippen molar-refractivity contribution in [2.75, 3.05) is 24.3 Å². The molecule has 0 bridgehead atoms. The van der Waals surface area contributed by atoms with Crippen LogP contribution in [0.1, 0.15) is 10.5 Å². The second kappa shape index (κ2) is 3.71. The number of alkyl halides is 1. The lowest BCUT2D eigenvalue weighted by molar-refractivity contribution is 0.101. The Morgan fingerprint density at radius 1 is 1.75 bits per heavy atom. The first-order valence-electron chi connectivity index (χ1n) is 3.46. The third-order valence-corrected chi connectivity index (χ3v) is 1.92. The number of imidazole rings is 1. The molecule has 0 saturated heterocycles. The summed E-state index contributed by atoms with van der Waals surface area (Å²) in [7, 11) is 3.72. The first-order valence-corrected chi connectivity index (χ1v) is 4.58. The average Bonchev–Trinajstić information content (AvgIpc) is 2.51. The van der Waals surface area contributed by atoms with Crippen LogP contribution in [0, 0.1) is 0 Å². The molecule has 0 aliphatic heterocycles. The van der Waals surface area contributed by atoms with Crippen LogP contribution < -0.4 is 4.90 Å². The van der Waals surface area contributed by atoms with E-state index in [2.05, 4.69) is 25.9 Å². The molecule has 0 spiro atoms. The zero-order chi connectivity index (χ0) is 9.14. The van der Waals surface area contributed by atoms with Crippen molar-refractivity contribution in [1.82, 2.24) is 9.97 Å². The lowest BCUT2D eigenvalue weighted by Crippen LogP contribution is -2.10. The van der Waals surface area contributed by atoms with Crippen molar-refractivity contribution in [3.05, 3.63) is 11.9 Å². The maximum Gasteiger partial charge on any atom is 0.202 e. The van der Waals surface area contributed by atoms with Crippen LogP contribution in [0.2, 0.25) is 0 Å². The number of aromatic amines is 1. The number of carbonyl (C=O) groups excluding carboxylic acids is 1. The number of aromatic nitrogens is 2. The molecule has 1 rings (SSSR count). The van der Waals surface area contributed by atoms with Gasteiger partial charge < -0.3 is 9.88 Å². The Labute approximate surface area is 79.1 Å². The van der Waals surface area contributed by atoms with Gasteiger partial charge in [-0.25, -0.2) is 4.98 Å². The van der Waals surface area contributed by atoms with Crippen LogP contribution in [-0.4, -0.2) is 35.2 Å². The number of hydrogen-bond acceptors (Lipinski definition) is 3. The number of nitrogens with one attached hydrogen (secondary N) is 1. The van der Waals surface area contributed by atoms with Gasteiger partial charge in [-0.2, -0.15) is 0 Å². The van der Waals surface area contributed by atoms with E-state index < -0.39 is 0 Å². The van der Waals surface area contributed by atoms with Gasteiger partial charge in [0.2, 0.25) is 5.95 Å². The van der Waals surface area contributed by atoms with Crippen LogP contribution in [0.3, 0.4) is 0 Å². The van der Waals surface area contributed by atoms with Crippen LogP contribution in [0.15, 0.2) is 6.20 Å². The fraction of sp³-hybridized carbons (Fsp3) is 0.429. The molecular weight excluding hydrogens is 222 g/mol. The fourth-order valence-corrected chi connectivity index (χ4v) is 1.05. The van der Waals surface area contributed by atoms with Gasteiger partial charge in [0.15, 0.2) is 5.78 Å². The second-order valence-corrected chi connectivity index (χ2v) is 3.13. The van der Waals surface area contributed by atoms with Gasteiger partial charge in [0, 0.05) is 14.1 Å². The molecule has 0 unspecified atom stereocenters. The number of ketones is 1. The van der Waals surface area contributed by atoms with Crippen molar-refractivity contribution in [2.45, 2.75) is 0 Å². The van der Waals surface area contributed by atoms with Crippen LogP contribution in [-0.2, 0) is 0 Å². The lowest BCUT2D eigenvalue weighted by Gasteiger charge is -2.05. The van der Waals surface area contributed by atoms with Gasteiger partial charge in [-0.05, 0) is 0 Å². The summed E-state index contributed by atoms with van der Waals surface area (Å²) in [6, 6.07) is 0. The smallest absolute Gasteiger partial charge is 0.202 e. The standard InChI is InChI=1S/C7H10BrN3O/c1-11(2)7-9-4-5(10-7)6(12)3-8/h4H,3H2,1-2H3,(H,9,10). The average molecular weight is 232 g/mol. The van der Waals surface area contributed by atoms with Crippen molar-refractivity contribution in [3.63, 3.8) is 0 Å². The number of rotatable bonds is 3. The fourth-order valence-electron chi connectivity index (χ4n) is 0.752. The number of hydrogen-bond donors (Lipinski definition) is 1. The number of nitrogens with zero attached hydrogens (tertiary/aromatic N) is 2. The van der Waals surface area contributed by atoms with E-state index in [4.69, 9.17) is 0 Å². The van der Waals surface area contributed by atoms with E-state index in [9.17, 15) is 4.79 Å². The Morgan fingerprint density at radius 2 is 2.42 bits per heavy atom. The van der Waals surface area contributed by atoms with Crippen molar-refractivity contribution in [3.8, 4) is 0 Å². The highest BCUT2D eigenvalue weighted by molar-refractivity contribution is 9.09. The molecule has 4 nitrogen and oxygen atoms in total. The van der Waals surface area contributed by atoms with Crippen molar-refractivity contribution < 1.29 is 4.79 Å². The minimum Gasteiger partial charge on any atom is -0.349 e. The summed E-state index contributed by atoms with van der Waals surface area (Å²) >= 11 is 3.09. The monoisotopic (exact) mass is 231 g/mol. The van der Waals surface area contributed by atoms with E-state index in [1.807, 2.05) is 19.0 Å². The highest BCUT2D eigenvalue weighted by Crippen LogP contribution is 2.06. The van der Waals surface area contributed by atoms with Gasteiger partial charge in [0.25, 0.3) is 0 Å². The lowest BCUT2D eigenvalue weighted by atomic mass is 10.3. The van der Waals surface area contributed by atoms with E-state index in [0.29, 0.717) is 17.0 Å².